The Morgan fingerprint density at radius 2 is 1.29 bits per heavy atom. The van der Waals surface area contributed by atoms with Crippen molar-refractivity contribution >= 4 is 0 Å². The second kappa shape index (κ2) is 5.62. The molecule has 0 aliphatic carbocycles. The molecular weight excluding hydrogens is 189 g/mol. The van der Waals surface area contributed by atoms with Crippen molar-refractivity contribution in [2.24, 2.45) is 17.8 Å². The van der Waals surface area contributed by atoms with Gasteiger partial charge in [-0.2, -0.15) is 13.2 Å². The molecule has 0 saturated carbocycles. The molecule has 0 aliphatic rings. The molecule has 0 bridgehead atoms. The van der Waals surface area contributed by atoms with Crippen LogP contribution in [-0.4, -0.2) is 6.18 Å². The van der Waals surface area contributed by atoms with Crippen molar-refractivity contribution in [3.8, 4) is 0 Å². The molecular formula is C11H21F3. The highest BCUT2D eigenvalue weighted by Gasteiger charge is 2.35. The summed E-state index contributed by atoms with van der Waals surface area (Å²) in [7, 11) is 0. The lowest BCUT2D eigenvalue weighted by Gasteiger charge is -2.29. The number of alkyl halides is 3. The molecule has 0 aromatic rings. The van der Waals surface area contributed by atoms with Crippen LogP contribution < -0.4 is 0 Å². The first-order chi connectivity index (χ1) is 6.31. The molecule has 14 heavy (non-hydrogen) atoms. The van der Waals surface area contributed by atoms with Gasteiger partial charge in [0.25, 0.3) is 0 Å². The molecule has 3 heteroatoms. The fourth-order valence-electron chi connectivity index (χ4n) is 1.84. The van der Waals surface area contributed by atoms with Gasteiger partial charge in [-0.1, -0.05) is 40.5 Å². The van der Waals surface area contributed by atoms with Gasteiger partial charge >= 0.3 is 6.18 Å². The smallest absolute Gasteiger partial charge is 0.171 e. The fourth-order valence-corrected chi connectivity index (χ4v) is 1.84. The summed E-state index contributed by atoms with van der Waals surface area (Å²) >= 11 is 0. The molecule has 0 aliphatic heterocycles. The number of rotatable bonds is 5. The van der Waals surface area contributed by atoms with E-state index in [1.165, 1.54) is 0 Å². The first kappa shape index (κ1) is 13.8. The molecule has 0 nitrogen and oxygen atoms in total. The lowest BCUT2D eigenvalue weighted by Crippen LogP contribution is -2.25. The Morgan fingerprint density at radius 1 is 0.929 bits per heavy atom. The maximum Gasteiger partial charge on any atom is 0.389 e. The highest BCUT2D eigenvalue weighted by molar-refractivity contribution is 4.73. The summed E-state index contributed by atoms with van der Waals surface area (Å²) < 4.78 is 36.9. The van der Waals surface area contributed by atoms with Gasteiger partial charge in [0, 0.05) is 6.42 Å². The van der Waals surface area contributed by atoms with E-state index in [-0.39, 0.29) is 17.8 Å². The van der Waals surface area contributed by atoms with Crippen molar-refractivity contribution in [3.05, 3.63) is 0 Å². The molecule has 0 radical (unpaired) electrons. The Kier molecular flexibility index (Phi) is 5.53. The van der Waals surface area contributed by atoms with Gasteiger partial charge in [0.2, 0.25) is 0 Å². The molecule has 0 aromatic carbocycles. The summed E-state index contributed by atoms with van der Waals surface area (Å²) in [6.45, 7) is 7.75. The number of hydrogen-bond donors (Lipinski definition) is 0. The van der Waals surface area contributed by atoms with Gasteiger partial charge in [0.15, 0.2) is 0 Å². The van der Waals surface area contributed by atoms with Crippen molar-refractivity contribution in [1.29, 1.82) is 0 Å². The minimum absolute atomic E-state index is 0.159. The zero-order valence-corrected chi connectivity index (χ0v) is 9.49. The van der Waals surface area contributed by atoms with Crippen LogP contribution in [0.5, 0.6) is 0 Å². The quantitative estimate of drug-likeness (QED) is 0.619. The van der Waals surface area contributed by atoms with E-state index in [9.17, 15) is 13.2 Å². The van der Waals surface area contributed by atoms with Gasteiger partial charge in [0.1, 0.15) is 0 Å². The largest absolute Gasteiger partial charge is 0.389 e. The predicted molar refractivity (Wildman–Crippen MR) is 53.1 cm³/mol. The van der Waals surface area contributed by atoms with Crippen LogP contribution >= 0.6 is 0 Å². The molecule has 3 atom stereocenters. The molecule has 0 heterocycles. The van der Waals surface area contributed by atoms with Gasteiger partial charge in [-0.3, -0.25) is 0 Å². The van der Waals surface area contributed by atoms with Crippen molar-refractivity contribution in [1.82, 2.24) is 0 Å². The average molecular weight is 210 g/mol. The molecule has 0 N–H and O–H groups in total. The van der Waals surface area contributed by atoms with E-state index in [1.54, 1.807) is 0 Å². The molecule has 0 aromatic heterocycles. The predicted octanol–water partition coefficient (Wildman–Crippen LogP) is 4.65. The Bertz CT molecular complexity index is 141. The average Bonchev–Trinajstić information content (AvgIpc) is 2.10. The van der Waals surface area contributed by atoms with Crippen LogP contribution in [0, 0.1) is 17.8 Å². The monoisotopic (exact) mass is 210 g/mol. The molecule has 0 saturated heterocycles. The summed E-state index contributed by atoms with van der Waals surface area (Å²) in [5, 5.41) is 0. The van der Waals surface area contributed by atoms with E-state index in [4.69, 9.17) is 0 Å². The summed E-state index contributed by atoms with van der Waals surface area (Å²) in [6, 6.07) is 0. The van der Waals surface area contributed by atoms with E-state index < -0.39 is 12.6 Å². The maximum atomic E-state index is 12.3. The van der Waals surface area contributed by atoms with Crippen LogP contribution in [0.3, 0.4) is 0 Å². The van der Waals surface area contributed by atoms with Gasteiger partial charge < -0.3 is 0 Å². The van der Waals surface area contributed by atoms with Crippen LogP contribution in [0.25, 0.3) is 0 Å². The Labute approximate surface area is 84.9 Å². The van der Waals surface area contributed by atoms with Crippen molar-refractivity contribution < 1.29 is 13.2 Å². The van der Waals surface area contributed by atoms with Crippen LogP contribution in [0.1, 0.15) is 47.0 Å². The van der Waals surface area contributed by atoms with Crippen LogP contribution in [0.2, 0.25) is 0 Å². The highest BCUT2D eigenvalue weighted by Crippen LogP contribution is 2.36. The third-order valence-corrected chi connectivity index (χ3v) is 3.22. The molecule has 0 rings (SSSR count). The second-order valence-corrected chi connectivity index (χ2v) is 4.25. The van der Waals surface area contributed by atoms with Crippen LogP contribution in [-0.2, 0) is 0 Å². The maximum absolute atomic E-state index is 12.3. The lowest BCUT2D eigenvalue weighted by molar-refractivity contribution is -0.152. The summed E-state index contributed by atoms with van der Waals surface area (Å²) in [5.74, 6) is 0.100. The lowest BCUT2D eigenvalue weighted by atomic mass is 9.78. The fraction of sp³-hybridized carbons (Fsp3) is 1.00. The zero-order valence-electron chi connectivity index (χ0n) is 9.49. The first-order valence-corrected chi connectivity index (χ1v) is 5.38. The van der Waals surface area contributed by atoms with E-state index >= 15 is 0 Å². The Hall–Kier alpha value is -0.210. The normalized spacial score (nSPS) is 19.1. The minimum Gasteiger partial charge on any atom is -0.171 e. The number of halogens is 3. The van der Waals surface area contributed by atoms with Crippen molar-refractivity contribution in [2.45, 2.75) is 53.1 Å². The van der Waals surface area contributed by atoms with Gasteiger partial charge in [-0.05, 0) is 17.8 Å². The minimum atomic E-state index is -4.02. The zero-order chi connectivity index (χ0) is 11.4. The van der Waals surface area contributed by atoms with Crippen molar-refractivity contribution in [2.75, 3.05) is 0 Å². The molecule has 0 fully saturated rings. The van der Waals surface area contributed by atoms with Crippen LogP contribution in [0.4, 0.5) is 13.2 Å². The van der Waals surface area contributed by atoms with Gasteiger partial charge in [-0.25, -0.2) is 0 Å². The standard InChI is InChI=1S/C11H21F3/c1-5-8(3)10(9(4)6-2)7-11(12,13)14/h8-10H,5-7H2,1-4H3/t8-,9?,10?/m0/s1. The molecule has 0 spiro atoms. The molecule has 0 amide bonds. The highest BCUT2D eigenvalue weighted by atomic mass is 19.4. The van der Waals surface area contributed by atoms with E-state index in [2.05, 4.69) is 0 Å². The summed E-state index contributed by atoms with van der Waals surface area (Å²) in [6.07, 6.45) is -3.00. The third kappa shape index (κ3) is 4.87. The molecule has 86 valence electrons. The third-order valence-electron chi connectivity index (χ3n) is 3.22. The van der Waals surface area contributed by atoms with E-state index in [0.29, 0.717) is 0 Å². The first-order valence-electron chi connectivity index (χ1n) is 5.38. The Balaban J connectivity index is 4.40. The van der Waals surface area contributed by atoms with Crippen LogP contribution in [0.15, 0.2) is 0 Å². The SMILES string of the molecule is CCC(C)C(CC(F)(F)F)[C@@H](C)CC. The van der Waals surface area contributed by atoms with Crippen molar-refractivity contribution in [3.63, 3.8) is 0 Å². The second-order valence-electron chi connectivity index (χ2n) is 4.25. The molecule has 2 unspecified atom stereocenters. The van der Waals surface area contributed by atoms with Gasteiger partial charge in [0.05, 0.1) is 0 Å². The van der Waals surface area contributed by atoms with E-state index in [0.717, 1.165) is 12.8 Å². The summed E-state index contributed by atoms with van der Waals surface area (Å²) in [5.41, 5.74) is 0. The van der Waals surface area contributed by atoms with Gasteiger partial charge in [-0.15, -0.1) is 0 Å². The topological polar surface area (TPSA) is 0 Å². The summed E-state index contributed by atoms with van der Waals surface area (Å²) in [4.78, 5) is 0. The number of hydrogen-bond acceptors (Lipinski definition) is 0. The van der Waals surface area contributed by atoms with E-state index in [1.807, 2.05) is 27.7 Å². The Morgan fingerprint density at radius 3 is 1.50 bits per heavy atom.